The molecule has 1 amide bonds. The second-order valence-electron chi connectivity index (χ2n) is 9.51. The highest BCUT2D eigenvalue weighted by Gasteiger charge is 2.20. The summed E-state index contributed by atoms with van der Waals surface area (Å²) in [5, 5.41) is 13.1. The van der Waals surface area contributed by atoms with Gasteiger partial charge in [-0.15, -0.1) is 0 Å². The molecular weight excluding hydrogens is 520 g/mol. The highest BCUT2D eigenvalue weighted by atomic mass is 19.2. The molecule has 5 rings (SSSR count). The van der Waals surface area contributed by atoms with Crippen LogP contribution in [0.25, 0.3) is 10.9 Å². The molecular formula is C28H30F2N7O3. The number of carbonyl (C=O) groups excluding carboxylic acids is 1. The molecule has 0 unspecified atom stereocenters. The first-order chi connectivity index (χ1) is 19.4. The van der Waals surface area contributed by atoms with E-state index >= 15 is 0 Å². The van der Waals surface area contributed by atoms with Crippen LogP contribution in [0.3, 0.4) is 0 Å². The Kier molecular flexibility index (Phi) is 8.34. The molecule has 0 saturated carbocycles. The van der Waals surface area contributed by atoms with Crippen LogP contribution in [0.2, 0.25) is 0 Å². The monoisotopic (exact) mass is 550 g/mol. The summed E-state index contributed by atoms with van der Waals surface area (Å²) in [5.41, 5.74) is 0.881. The number of carbonyl (C=O) groups is 1. The quantitative estimate of drug-likeness (QED) is 0.232. The van der Waals surface area contributed by atoms with E-state index in [0.29, 0.717) is 52.4 Å². The van der Waals surface area contributed by atoms with Gasteiger partial charge in [-0.05, 0) is 50.9 Å². The van der Waals surface area contributed by atoms with E-state index in [2.05, 4.69) is 42.6 Å². The number of aromatic amines is 1. The maximum atomic E-state index is 13.8. The van der Waals surface area contributed by atoms with Gasteiger partial charge < -0.3 is 25.0 Å². The van der Waals surface area contributed by atoms with Gasteiger partial charge in [0.1, 0.15) is 12.1 Å². The molecule has 1 aliphatic rings. The van der Waals surface area contributed by atoms with Crippen LogP contribution in [0.1, 0.15) is 25.0 Å². The predicted octanol–water partition coefficient (Wildman–Crippen LogP) is 4.63. The number of ether oxygens (including phenoxy) is 2. The molecule has 209 valence electrons. The topological polar surface area (TPSA) is 117 Å². The van der Waals surface area contributed by atoms with E-state index < -0.39 is 17.5 Å². The highest BCUT2D eigenvalue weighted by molar-refractivity contribution is 5.93. The van der Waals surface area contributed by atoms with Crippen LogP contribution >= 0.6 is 0 Å². The molecule has 10 nitrogen and oxygen atoms in total. The van der Waals surface area contributed by atoms with Crippen molar-refractivity contribution in [3.63, 3.8) is 0 Å². The molecule has 40 heavy (non-hydrogen) atoms. The van der Waals surface area contributed by atoms with Crippen molar-refractivity contribution < 1.29 is 23.0 Å². The number of hydrogen-bond acceptors (Lipinski definition) is 8. The second-order valence-corrected chi connectivity index (χ2v) is 9.51. The highest BCUT2D eigenvalue weighted by Crippen LogP contribution is 2.34. The van der Waals surface area contributed by atoms with Crippen molar-refractivity contribution in [3.05, 3.63) is 67.0 Å². The fraction of sp³-hybridized carbons (Fsp3) is 0.321. The van der Waals surface area contributed by atoms with Gasteiger partial charge in [-0.3, -0.25) is 9.89 Å². The predicted molar refractivity (Wildman–Crippen MR) is 147 cm³/mol. The van der Waals surface area contributed by atoms with Crippen LogP contribution in [-0.4, -0.2) is 63.8 Å². The lowest BCUT2D eigenvalue weighted by Crippen LogP contribution is -2.29. The fourth-order valence-electron chi connectivity index (χ4n) is 4.68. The first kappa shape index (κ1) is 27.3. The number of anilines is 3. The lowest BCUT2D eigenvalue weighted by atomic mass is 10.2. The number of rotatable bonds is 11. The van der Waals surface area contributed by atoms with E-state index in [4.69, 9.17) is 9.47 Å². The number of fused-ring (bicyclic) bond motifs is 1. The van der Waals surface area contributed by atoms with Crippen molar-refractivity contribution in [2.24, 2.45) is 0 Å². The zero-order chi connectivity index (χ0) is 28.1. The molecule has 3 heterocycles. The van der Waals surface area contributed by atoms with Gasteiger partial charge in [-0.1, -0.05) is 6.07 Å². The maximum Gasteiger partial charge on any atom is 0.230 e. The van der Waals surface area contributed by atoms with Gasteiger partial charge in [-0.2, -0.15) is 5.10 Å². The number of amides is 1. The molecule has 12 heteroatoms. The zero-order valence-corrected chi connectivity index (χ0v) is 22.0. The van der Waals surface area contributed by atoms with E-state index in [1.165, 1.54) is 24.9 Å². The largest absolute Gasteiger partial charge is 0.493 e. The second kappa shape index (κ2) is 12.2. The minimum absolute atomic E-state index is 0.128. The van der Waals surface area contributed by atoms with Crippen molar-refractivity contribution in [2.45, 2.75) is 31.7 Å². The Morgan fingerprint density at radius 2 is 2.10 bits per heavy atom. The van der Waals surface area contributed by atoms with Crippen LogP contribution in [0.15, 0.2) is 42.7 Å². The van der Waals surface area contributed by atoms with E-state index in [9.17, 15) is 13.6 Å². The lowest BCUT2D eigenvalue weighted by Gasteiger charge is -2.20. The van der Waals surface area contributed by atoms with E-state index in [1.807, 2.05) is 6.07 Å². The summed E-state index contributed by atoms with van der Waals surface area (Å²) in [5.74, 6) is -0.657. The summed E-state index contributed by atoms with van der Waals surface area (Å²) in [4.78, 5) is 23.4. The first-order valence-electron chi connectivity index (χ1n) is 13.0. The van der Waals surface area contributed by atoms with Crippen molar-refractivity contribution in [1.29, 1.82) is 0 Å². The number of benzene rings is 2. The number of likely N-dealkylation sites (tertiary alicyclic amines) is 1. The lowest BCUT2D eigenvalue weighted by molar-refractivity contribution is -0.115. The molecule has 2 aromatic carbocycles. The third kappa shape index (κ3) is 6.28. The van der Waals surface area contributed by atoms with Gasteiger partial charge in [0.2, 0.25) is 5.91 Å². The molecule has 1 radical (unpaired) electrons. The number of H-pyrrole nitrogens is 1. The summed E-state index contributed by atoms with van der Waals surface area (Å²) in [7, 11) is 1.57. The van der Waals surface area contributed by atoms with Crippen molar-refractivity contribution in [3.8, 4) is 11.5 Å². The maximum absolute atomic E-state index is 13.8. The normalized spacial score (nSPS) is 15.3. The van der Waals surface area contributed by atoms with E-state index in [-0.39, 0.29) is 12.1 Å². The Hall–Kier alpha value is -4.32. The van der Waals surface area contributed by atoms with Crippen LogP contribution in [0.4, 0.5) is 26.1 Å². The number of nitrogens with one attached hydrogen (secondary N) is 3. The molecule has 2 aromatic heterocycles. The molecule has 1 fully saturated rings. The average molecular weight is 551 g/mol. The summed E-state index contributed by atoms with van der Waals surface area (Å²) in [6.45, 7) is 6.75. The standard InChI is InChI=1S/C28H30F2N7O3/c1-17-6-4-9-37(17)10-5-11-40-24-15-22-19(14-23(24)39-2)28(32-16-31-22)34-25-12-18(35-36-25)13-26(38)33-21-8-3-7-20(29)27(21)30/h3,7-8,12,14-17H,1,4-6,9-11,13H2,2H3,(H,33,38)(H2,31,32,34,35,36)/t17-/m1/s1. The van der Waals surface area contributed by atoms with Gasteiger partial charge >= 0.3 is 0 Å². The number of halogens is 2. The molecule has 0 bridgehead atoms. The van der Waals surface area contributed by atoms with Crippen LogP contribution < -0.4 is 20.1 Å². The van der Waals surface area contributed by atoms with Gasteiger partial charge in [-0.25, -0.2) is 18.7 Å². The first-order valence-corrected chi connectivity index (χ1v) is 13.0. The Bertz CT molecular complexity index is 1500. The average Bonchev–Trinajstić information content (AvgIpc) is 3.56. The van der Waals surface area contributed by atoms with Crippen LogP contribution in [0, 0.1) is 18.6 Å². The Morgan fingerprint density at radius 1 is 1.23 bits per heavy atom. The third-order valence-corrected chi connectivity index (χ3v) is 6.72. The number of aromatic nitrogens is 4. The van der Waals surface area contributed by atoms with Crippen molar-refractivity contribution >= 4 is 34.1 Å². The molecule has 3 N–H and O–H groups in total. The van der Waals surface area contributed by atoms with Crippen LogP contribution in [-0.2, 0) is 11.2 Å². The van der Waals surface area contributed by atoms with Crippen LogP contribution in [0.5, 0.6) is 11.5 Å². The minimum Gasteiger partial charge on any atom is -0.493 e. The summed E-state index contributed by atoms with van der Waals surface area (Å²) >= 11 is 0. The van der Waals surface area contributed by atoms with Gasteiger partial charge in [0.05, 0.1) is 31.3 Å². The van der Waals surface area contributed by atoms with Gasteiger partial charge in [0.25, 0.3) is 0 Å². The molecule has 4 aromatic rings. The van der Waals surface area contributed by atoms with Gasteiger partial charge in [0, 0.05) is 35.8 Å². The molecule has 1 saturated heterocycles. The third-order valence-electron chi connectivity index (χ3n) is 6.72. The van der Waals surface area contributed by atoms with Crippen molar-refractivity contribution in [1.82, 2.24) is 25.1 Å². The minimum atomic E-state index is -1.11. The van der Waals surface area contributed by atoms with Gasteiger partial charge in [0.15, 0.2) is 29.0 Å². The molecule has 0 spiro atoms. The number of hydrogen-bond donors (Lipinski definition) is 3. The smallest absolute Gasteiger partial charge is 0.230 e. The van der Waals surface area contributed by atoms with E-state index in [1.54, 1.807) is 19.2 Å². The Morgan fingerprint density at radius 3 is 2.90 bits per heavy atom. The number of nitrogens with zero attached hydrogens (tertiary/aromatic N) is 4. The SMILES string of the molecule is [CH2][C@@H]1CCCN1CCCOc1cc2ncnc(Nc3cc(CC(=O)Nc4cccc(F)c4F)[nH]n3)c2cc1OC. The molecule has 1 atom stereocenters. The zero-order valence-electron chi connectivity index (χ0n) is 22.0. The molecule has 0 aliphatic carbocycles. The summed E-state index contributed by atoms with van der Waals surface area (Å²) < 4.78 is 38.9. The summed E-state index contributed by atoms with van der Waals surface area (Å²) in [6.07, 6.45) is 4.51. The van der Waals surface area contributed by atoms with E-state index in [0.717, 1.165) is 32.0 Å². The molecule has 1 aliphatic heterocycles. The van der Waals surface area contributed by atoms with Crippen molar-refractivity contribution in [2.75, 3.05) is 37.4 Å². The number of methoxy groups -OCH3 is 1. The Labute approximate surface area is 230 Å². The fourth-order valence-corrected chi connectivity index (χ4v) is 4.68. The summed E-state index contributed by atoms with van der Waals surface area (Å²) in [6, 6.07) is 9.20. The Balaban J connectivity index is 1.23.